The lowest BCUT2D eigenvalue weighted by Crippen LogP contribution is -2.50. The highest BCUT2D eigenvalue weighted by atomic mass is 32.2. The molecule has 1 saturated heterocycles. The minimum Gasteiger partial charge on any atom is -0.395 e. The van der Waals surface area contributed by atoms with Gasteiger partial charge in [0.1, 0.15) is 0 Å². The second kappa shape index (κ2) is 5.64. The topological polar surface area (TPSA) is 60.9 Å². The van der Waals surface area contributed by atoms with Crippen LogP contribution in [0.5, 0.6) is 0 Å². The van der Waals surface area contributed by atoms with E-state index >= 15 is 0 Å². The molecule has 0 aromatic heterocycles. The summed E-state index contributed by atoms with van der Waals surface area (Å²) in [4.78, 5) is 0. The molecule has 1 rings (SSSR count). The Morgan fingerprint density at radius 3 is 2.81 bits per heavy atom. The van der Waals surface area contributed by atoms with Crippen LogP contribution in [0.1, 0.15) is 19.3 Å². The van der Waals surface area contributed by atoms with Gasteiger partial charge in [0.25, 0.3) is 10.2 Å². The molecule has 0 aromatic carbocycles. The Morgan fingerprint density at radius 1 is 1.56 bits per heavy atom. The molecule has 0 radical (unpaired) electrons. The van der Waals surface area contributed by atoms with Crippen molar-refractivity contribution in [1.82, 2.24) is 8.61 Å². The zero-order valence-electron chi connectivity index (χ0n) is 9.46. The molecule has 92 valence electrons. The van der Waals surface area contributed by atoms with Crippen LogP contribution in [0.25, 0.3) is 0 Å². The Labute approximate surface area is 97.2 Å². The summed E-state index contributed by atoms with van der Waals surface area (Å²) in [5.74, 6) is 2.30. The highest BCUT2D eigenvalue weighted by Crippen LogP contribution is 2.21. The van der Waals surface area contributed by atoms with Gasteiger partial charge in [-0.05, 0) is 12.8 Å². The third kappa shape index (κ3) is 2.74. The summed E-state index contributed by atoms with van der Waals surface area (Å²) in [7, 11) is -2.06. The molecule has 0 amide bonds. The maximum Gasteiger partial charge on any atom is 0.282 e. The van der Waals surface area contributed by atoms with E-state index in [1.807, 2.05) is 0 Å². The zero-order valence-corrected chi connectivity index (χ0v) is 10.3. The highest BCUT2D eigenvalue weighted by molar-refractivity contribution is 7.86. The molecule has 1 aliphatic heterocycles. The predicted molar refractivity (Wildman–Crippen MR) is 61.8 cm³/mol. The van der Waals surface area contributed by atoms with Crippen molar-refractivity contribution >= 4 is 10.2 Å². The lowest BCUT2D eigenvalue weighted by Gasteiger charge is -2.35. The second-order valence-electron chi connectivity index (χ2n) is 3.91. The lowest BCUT2D eigenvalue weighted by atomic mass is 10.1. The van der Waals surface area contributed by atoms with Crippen LogP contribution in [0.2, 0.25) is 0 Å². The Morgan fingerprint density at radius 2 is 2.25 bits per heavy atom. The van der Waals surface area contributed by atoms with E-state index in [9.17, 15) is 13.5 Å². The Balaban J connectivity index is 2.84. The number of hydrogen-bond donors (Lipinski definition) is 1. The van der Waals surface area contributed by atoms with E-state index in [0.29, 0.717) is 13.0 Å². The van der Waals surface area contributed by atoms with Crippen molar-refractivity contribution in [3.8, 4) is 12.3 Å². The summed E-state index contributed by atoms with van der Waals surface area (Å²) in [6.07, 6.45) is 7.59. The fourth-order valence-corrected chi connectivity index (χ4v) is 3.35. The van der Waals surface area contributed by atoms with Crippen molar-refractivity contribution in [1.29, 1.82) is 0 Å². The Hall–Kier alpha value is -0.610. The summed E-state index contributed by atoms with van der Waals surface area (Å²) < 4.78 is 26.7. The van der Waals surface area contributed by atoms with Crippen molar-refractivity contribution < 1.29 is 13.5 Å². The first-order valence-electron chi connectivity index (χ1n) is 5.31. The van der Waals surface area contributed by atoms with Gasteiger partial charge in [-0.3, -0.25) is 0 Å². The van der Waals surface area contributed by atoms with Gasteiger partial charge in [-0.25, -0.2) is 0 Å². The molecule has 1 fully saturated rings. The second-order valence-corrected chi connectivity index (χ2v) is 5.90. The summed E-state index contributed by atoms with van der Waals surface area (Å²) in [6, 6.07) is -0.307. The molecule has 6 heteroatoms. The molecule has 1 atom stereocenters. The van der Waals surface area contributed by atoms with E-state index in [0.717, 1.165) is 17.1 Å². The minimum absolute atomic E-state index is 0.0526. The quantitative estimate of drug-likeness (QED) is 0.689. The Bertz CT molecular complexity index is 361. The average molecular weight is 246 g/mol. The summed E-state index contributed by atoms with van der Waals surface area (Å²) in [5, 5.41) is 9.17. The van der Waals surface area contributed by atoms with Gasteiger partial charge in [-0.15, -0.1) is 6.42 Å². The van der Waals surface area contributed by atoms with Crippen LogP contribution in [-0.4, -0.2) is 54.9 Å². The van der Waals surface area contributed by atoms with Gasteiger partial charge >= 0.3 is 0 Å². The number of aliphatic hydroxyl groups excluding tert-OH is 1. The molecular formula is C10H18N2O3S. The summed E-state index contributed by atoms with van der Waals surface area (Å²) in [5.41, 5.74) is 0. The van der Waals surface area contributed by atoms with E-state index in [1.165, 1.54) is 11.4 Å². The molecule has 5 nitrogen and oxygen atoms in total. The molecule has 0 aliphatic carbocycles. The van der Waals surface area contributed by atoms with Crippen LogP contribution in [0, 0.1) is 12.3 Å². The van der Waals surface area contributed by atoms with Crippen molar-refractivity contribution in [2.45, 2.75) is 25.3 Å². The van der Waals surface area contributed by atoms with Gasteiger partial charge < -0.3 is 5.11 Å². The molecular weight excluding hydrogens is 228 g/mol. The van der Waals surface area contributed by atoms with Crippen LogP contribution in [0.15, 0.2) is 0 Å². The fourth-order valence-electron chi connectivity index (χ4n) is 1.85. The van der Waals surface area contributed by atoms with Gasteiger partial charge in [0.2, 0.25) is 0 Å². The Kier molecular flexibility index (Phi) is 4.74. The van der Waals surface area contributed by atoms with Crippen LogP contribution < -0.4 is 0 Å². The highest BCUT2D eigenvalue weighted by Gasteiger charge is 2.34. The molecule has 0 bridgehead atoms. The third-order valence-electron chi connectivity index (χ3n) is 2.79. The molecule has 16 heavy (non-hydrogen) atoms. The zero-order chi connectivity index (χ0) is 12.2. The van der Waals surface area contributed by atoms with Crippen LogP contribution >= 0.6 is 0 Å². The molecule has 1 unspecified atom stereocenters. The summed E-state index contributed by atoms with van der Waals surface area (Å²) >= 11 is 0. The van der Waals surface area contributed by atoms with Gasteiger partial charge in [0.05, 0.1) is 13.2 Å². The average Bonchev–Trinajstić information content (AvgIpc) is 2.29. The van der Waals surface area contributed by atoms with Crippen molar-refractivity contribution in [3.05, 3.63) is 0 Å². The normalized spacial score (nSPS) is 23.2. The number of piperidine rings is 1. The SMILES string of the molecule is C#CCN(C)S(=O)(=O)N1CCCCC1CO. The molecule has 0 saturated carbocycles. The van der Waals surface area contributed by atoms with E-state index in [-0.39, 0.29) is 19.2 Å². The molecule has 1 aliphatic rings. The van der Waals surface area contributed by atoms with Crippen molar-refractivity contribution in [2.24, 2.45) is 0 Å². The van der Waals surface area contributed by atoms with Gasteiger partial charge in [0.15, 0.2) is 0 Å². The molecule has 1 heterocycles. The molecule has 1 N–H and O–H groups in total. The first-order chi connectivity index (χ1) is 7.54. The van der Waals surface area contributed by atoms with Gasteiger partial charge in [-0.2, -0.15) is 17.0 Å². The first-order valence-corrected chi connectivity index (χ1v) is 6.71. The molecule has 0 aromatic rings. The third-order valence-corrected chi connectivity index (χ3v) is 4.78. The monoisotopic (exact) mass is 246 g/mol. The number of hydrogen-bond acceptors (Lipinski definition) is 3. The summed E-state index contributed by atoms with van der Waals surface area (Å²) in [6.45, 7) is 0.378. The van der Waals surface area contributed by atoms with Crippen LogP contribution in [0.4, 0.5) is 0 Å². The minimum atomic E-state index is -3.52. The van der Waals surface area contributed by atoms with Crippen molar-refractivity contribution in [3.63, 3.8) is 0 Å². The maximum absolute atomic E-state index is 12.1. The van der Waals surface area contributed by atoms with Gasteiger partial charge in [-0.1, -0.05) is 12.3 Å². The predicted octanol–water partition coefficient (Wildman–Crippen LogP) is -0.357. The number of rotatable bonds is 4. The smallest absolute Gasteiger partial charge is 0.282 e. The van der Waals surface area contributed by atoms with E-state index in [4.69, 9.17) is 6.42 Å². The lowest BCUT2D eigenvalue weighted by molar-refractivity contribution is 0.149. The number of terminal acetylenes is 1. The first kappa shape index (κ1) is 13.5. The molecule has 0 spiro atoms. The van der Waals surface area contributed by atoms with E-state index in [1.54, 1.807) is 0 Å². The van der Waals surface area contributed by atoms with Crippen molar-refractivity contribution in [2.75, 3.05) is 26.7 Å². The number of aliphatic hydroxyl groups is 1. The fraction of sp³-hybridized carbons (Fsp3) is 0.800. The van der Waals surface area contributed by atoms with E-state index in [2.05, 4.69) is 5.92 Å². The number of nitrogens with zero attached hydrogens (tertiary/aromatic N) is 2. The maximum atomic E-state index is 12.1. The van der Waals surface area contributed by atoms with Crippen LogP contribution in [-0.2, 0) is 10.2 Å². The standard InChI is InChI=1S/C10H18N2O3S/c1-3-7-11(2)16(14,15)12-8-5-4-6-10(12)9-13/h1,10,13H,4-9H2,2H3. The largest absolute Gasteiger partial charge is 0.395 e. The van der Waals surface area contributed by atoms with Crippen LogP contribution in [0.3, 0.4) is 0 Å². The van der Waals surface area contributed by atoms with Gasteiger partial charge in [0, 0.05) is 19.6 Å². The van der Waals surface area contributed by atoms with E-state index < -0.39 is 10.2 Å².